The Bertz CT molecular complexity index is 553. The smallest absolute Gasteiger partial charge is 0.246 e. The second-order valence-electron chi connectivity index (χ2n) is 5.98. The van der Waals surface area contributed by atoms with E-state index in [0.29, 0.717) is 18.8 Å². The molecular formula is C15H22N4O2S. The molecule has 1 aliphatic carbocycles. The summed E-state index contributed by atoms with van der Waals surface area (Å²) < 4.78 is 1.77. The zero-order chi connectivity index (χ0) is 15.5. The maximum atomic E-state index is 12.6. The Morgan fingerprint density at radius 2 is 2.18 bits per heavy atom. The highest BCUT2D eigenvalue weighted by Crippen LogP contribution is 2.23. The van der Waals surface area contributed by atoms with Crippen molar-refractivity contribution in [3.05, 3.63) is 18.0 Å². The predicted octanol–water partition coefficient (Wildman–Crippen LogP) is 1.19. The number of amides is 2. The molecule has 1 saturated carbocycles. The summed E-state index contributed by atoms with van der Waals surface area (Å²) in [5, 5.41) is 7.41. The zero-order valence-electron chi connectivity index (χ0n) is 12.8. The first-order valence-electron chi connectivity index (χ1n) is 7.78. The van der Waals surface area contributed by atoms with Crippen LogP contribution in [0.5, 0.6) is 0 Å². The first kappa shape index (κ1) is 15.4. The summed E-state index contributed by atoms with van der Waals surface area (Å²) in [5.74, 6) is 0.516. The summed E-state index contributed by atoms with van der Waals surface area (Å²) in [6, 6.07) is 1.75. The van der Waals surface area contributed by atoms with Crippen LogP contribution in [0.2, 0.25) is 0 Å². The number of carbonyl (C=O) groups excluding carboxylic acids is 2. The summed E-state index contributed by atoms with van der Waals surface area (Å²) >= 11 is 1.51. The van der Waals surface area contributed by atoms with Crippen LogP contribution < -0.4 is 5.32 Å². The number of carbonyl (C=O) groups is 2. The number of rotatable bonds is 4. The molecule has 1 atom stereocenters. The molecule has 120 valence electrons. The minimum Gasteiger partial charge on any atom is -0.351 e. The van der Waals surface area contributed by atoms with E-state index in [1.165, 1.54) is 24.6 Å². The van der Waals surface area contributed by atoms with Crippen LogP contribution in [0.4, 0.5) is 0 Å². The van der Waals surface area contributed by atoms with E-state index >= 15 is 0 Å². The second kappa shape index (κ2) is 6.73. The Balaban J connectivity index is 1.74. The number of nitrogens with one attached hydrogen (secondary N) is 1. The van der Waals surface area contributed by atoms with Crippen LogP contribution in [-0.2, 0) is 16.1 Å². The monoisotopic (exact) mass is 322 g/mol. The van der Waals surface area contributed by atoms with Gasteiger partial charge in [0.15, 0.2) is 0 Å². The molecule has 0 bridgehead atoms. The van der Waals surface area contributed by atoms with Gasteiger partial charge in [-0.1, -0.05) is 12.8 Å². The van der Waals surface area contributed by atoms with Crippen molar-refractivity contribution in [1.29, 1.82) is 0 Å². The molecule has 1 fully saturated rings. The van der Waals surface area contributed by atoms with Gasteiger partial charge in [0.25, 0.3) is 0 Å². The molecule has 0 aromatic carbocycles. The van der Waals surface area contributed by atoms with E-state index in [1.807, 2.05) is 12.3 Å². The van der Waals surface area contributed by atoms with E-state index < -0.39 is 6.04 Å². The SMILES string of the molecule is CSCC(=O)N1Cc2ccnn2C(C(=O)NC2CCCC2)C1. The highest BCUT2D eigenvalue weighted by molar-refractivity contribution is 7.99. The highest BCUT2D eigenvalue weighted by atomic mass is 32.2. The van der Waals surface area contributed by atoms with Gasteiger partial charge >= 0.3 is 0 Å². The molecule has 0 spiro atoms. The number of hydrogen-bond donors (Lipinski definition) is 1. The van der Waals surface area contributed by atoms with Crippen molar-refractivity contribution in [3.63, 3.8) is 0 Å². The lowest BCUT2D eigenvalue weighted by Crippen LogP contribution is -2.49. The molecule has 1 aliphatic heterocycles. The molecule has 0 radical (unpaired) electrons. The predicted molar refractivity (Wildman–Crippen MR) is 85.5 cm³/mol. The van der Waals surface area contributed by atoms with Crippen LogP contribution in [0.3, 0.4) is 0 Å². The summed E-state index contributed by atoms with van der Waals surface area (Å²) in [4.78, 5) is 26.6. The first-order valence-corrected chi connectivity index (χ1v) is 9.18. The minimum absolute atomic E-state index is 0.0153. The number of thioether (sulfide) groups is 1. The molecule has 2 amide bonds. The topological polar surface area (TPSA) is 67.2 Å². The molecule has 6 nitrogen and oxygen atoms in total. The Labute approximate surface area is 134 Å². The molecule has 3 rings (SSSR count). The van der Waals surface area contributed by atoms with E-state index in [1.54, 1.807) is 15.8 Å². The number of aromatic nitrogens is 2. The lowest BCUT2D eigenvalue weighted by molar-refractivity contribution is -0.133. The van der Waals surface area contributed by atoms with Gasteiger partial charge in [0.1, 0.15) is 6.04 Å². The molecule has 22 heavy (non-hydrogen) atoms. The average Bonchev–Trinajstić information content (AvgIpc) is 3.16. The Kier molecular flexibility index (Phi) is 4.71. The maximum absolute atomic E-state index is 12.6. The quantitative estimate of drug-likeness (QED) is 0.904. The third-order valence-corrected chi connectivity index (χ3v) is 4.95. The average molecular weight is 322 g/mol. The van der Waals surface area contributed by atoms with Gasteiger partial charge in [-0.3, -0.25) is 14.3 Å². The lowest BCUT2D eigenvalue weighted by Gasteiger charge is -2.33. The molecule has 1 aromatic rings. The van der Waals surface area contributed by atoms with Crippen molar-refractivity contribution < 1.29 is 9.59 Å². The van der Waals surface area contributed by atoms with Crippen LogP contribution in [0.1, 0.15) is 37.4 Å². The summed E-state index contributed by atoms with van der Waals surface area (Å²) in [7, 11) is 0. The summed E-state index contributed by atoms with van der Waals surface area (Å²) in [5.41, 5.74) is 0.923. The van der Waals surface area contributed by atoms with Crippen molar-refractivity contribution in [1.82, 2.24) is 20.0 Å². The van der Waals surface area contributed by atoms with Gasteiger partial charge in [-0.15, -0.1) is 0 Å². The lowest BCUT2D eigenvalue weighted by atomic mass is 10.1. The van der Waals surface area contributed by atoms with E-state index in [4.69, 9.17) is 0 Å². The Hall–Kier alpha value is -1.50. The van der Waals surface area contributed by atoms with Crippen LogP contribution in [0.15, 0.2) is 12.3 Å². The molecule has 1 N–H and O–H groups in total. The van der Waals surface area contributed by atoms with Crippen molar-refractivity contribution in [2.45, 2.75) is 44.3 Å². The summed E-state index contributed by atoms with van der Waals surface area (Å²) in [6.07, 6.45) is 8.09. The van der Waals surface area contributed by atoms with Gasteiger partial charge in [-0.2, -0.15) is 16.9 Å². The van der Waals surface area contributed by atoms with E-state index in [0.717, 1.165) is 18.5 Å². The molecule has 1 aromatic heterocycles. The number of nitrogens with zero attached hydrogens (tertiary/aromatic N) is 3. The second-order valence-corrected chi connectivity index (χ2v) is 6.85. The molecule has 1 unspecified atom stereocenters. The van der Waals surface area contributed by atoms with E-state index in [9.17, 15) is 9.59 Å². The van der Waals surface area contributed by atoms with Gasteiger partial charge in [0.2, 0.25) is 11.8 Å². The fraction of sp³-hybridized carbons (Fsp3) is 0.667. The fourth-order valence-electron chi connectivity index (χ4n) is 3.26. The van der Waals surface area contributed by atoms with Gasteiger partial charge in [-0.25, -0.2) is 0 Å². The van der Waals surface area contributed by atoms with Crippen molar-refractivity contribution >= 4 is 23.6 Å². The third kappa shape index (κ3) is 3.14. The fourth-order valence-corrected chi connectivity index (χ4v) is 3.69. The van der Waals surface area contributed by atoms with E-state index in [2.05, 4.69) is 10.4 Å². The molecule has 0 saturated heterocycles. The van der Waals surface area contributed by atoms with Crippen LogP contribution >= 0.6 is 11.8 Å². The standard InChI is InChI=1S/C15H22N4O2S/c1-22-10-14(20)18-8-12-6-7-16-19(12)13(9-18)15(21)17-11-4-2-3-5-11/h6-7,11,13H,2-5,8-10H2,1H3,(H,17,21). The van der Waals surface area contributed by atoms with Crippen molar-refractivity contribution in [2.24, 2.45) is 0 Å². The van der Waals surface area contributed by atoms with Crippen molar-refractivity contribution in [2.75, 3.05) is 18.6 Å². The van der Waals surface area contributed by atoms with E-state index in [-0.39, 0.29) is 17.9 Å². The largest absolute Gasteiger partial charge is 0.351 e. The van der Waals surface area contributed by atoms with Gasteiger partial charge in [-0.05, 0) is 25.2 Å². The third-order valence-electron chi connectivity index (χ3n) is 4.42. The zero-order valence-corrected chi connectivity index (χ0v) is 13.6. The normalized spacial score (nSPS) is 21.7. The van der Waals surface area contributed by atoms with Crippen LogP contribution in [-0.4, -0.2) is 51.1 Å². The molecular weight excluding hydrogens is 300 g/mol. The highest BCUT2D eigenvalue weighted by Gasteiger charge is 2.33. The maximum Gasteiger partial charge on any atom is 0.246 e. The number of fused-ring (bicyclic) bond motifs is 1. The molecule has 2 heterocycles. The first-order chi connectivity index (χ1) is 10.7. The number of hydrogen-bond acceptors (Lipinski definition) is 4. The Morgan fingerprint density at radius 1 is 1.41 bits per heavy atom. The molecule has 7 heteroatoms. The Morgan fingerprint density at radius 3 is 2.91 bits per heavy atom. The molecule has 2 aliphatic rings. The van der Waals surface area contributed by atoms with Gasteiger partial charge in [0.05, 0.1) is 24.5 Å². The van der Waals surface area contributed by atoms with Crippen LogP contribution in [0.25, 0.3) is 0 Å². The van der Waals surface area contributed by atoms with Gasteiger partial charge < -0.3 is 10.2 Å². The van der Waals surface area contributed by atoms with Crippen LogP contribution in [0, 0.1) is 0 Å². The van der Waals surface area contributed by atoms with Crippen molar-refractivity contribution in [3.8, 4) is 0 Å². The summed E-state index contributed by atoms with van der Waals surface area (Å²) in [6.45, 7) is 0.944. The van der Waals surface area contributed by atoms with Gasteiger partial charge in [0, 0.05) is 12.2 Å². The minimum atomic E-state index is -0.412.